The summed E-state index contributed by atoms with van der Waals surface area (Å²) in [5, 5.41) is 2.56. The number of benzene rings is 2. The minimum atomic E-state index is 0.246. The predicted octanol–water partition coefficient (Wildman–Crippen LogP) is 3.65. The second-order valence-electron chi connectivity index (χ2n) is 5.75. The van der Waals surface area contributed by atoms with E-state index in [1.807, 2.05) is 0 Å². The number of ketones is 1. The molecule has 106 valence electrons. The number of carbonyl (C=O) groups is 1. The van der Waals surface area contributed by atoms with Crippen molar-refractivity contribution in [3.05, 3.63) is 53.6 Å². The molecular formula is C19H20NO+. The number of hydrogen-bond donors (Lipinski definition) is 0. The summed E-state index contributed by atoms with van der Waals surface area (Å²) in [4.78, 5) is 11.2. The van der Waals surface area contributed by atoms with Crippen LogP contribution in [0, 0.1) is 6.92 Å². The second kappa shape index (κ2) is 5.28. The molecule has 0 saturated carbocycles. The summed E-state index contributed by atoms with van der Waals surface area (Å²) in [7, 11) is 2.11. The van der Waals surface area contributed by atoms with E-state index in [-0.39, 0.29) is 5.78 Å². The summed E-state index contributed by atoms with van der Waals surface area (Å²) in [6, 6.07) is 15.0. The molecular weight excluding hydrogens is 258 g/mol. The van der Waals surface area contributed by atoms with E-state index in [1.54, 1.807) is 6.92 Å². The number of pyridine rings is 1. The SMILES string of the molecule is CC(=O)CCc1ccc2c(c1)c(C)c1ccccc1[n+]2C. The molecule has 0 aliphatic carbocycles. The molecule has 0 aliphatic heterocycles. The highest BCUT2D eigenvalue weighted by Gasteiger charge is 2.15. The molecule has 2 aromatic carbocycles. The van der Waals surface area contributed by atoms with Crippen LogP contribution in [0.25, 0.3) is 21.8 Å². The van der Waals surface area contributed by atoms with Gasteiger partial charge in [0, 0.05) is 23.9 Å². The van der Waals surface area contributed by atoms with Crippen LogP contribution < -0.4 is 4.57 Å². The Morgan fingerprint density at radius 1 is 1.05 bits per heavy atom. The van der Waals surface area contributed by atoms with Gasteiger partial charge in [-0.25, -0.2) is 0 Å². The highest BCUT2D eigenvalue weighted by atomic mass is 16.1. The molecule has 0 amide bonds. The van der Waals surface area contributed by atoms with Gasteiger partial charge in [-0.15, -0.1) is 0 Å². The summed E-state index contributed by atoms with van der Waals surface area (Å²) < 4.78 is 2.24. The number of para-hydroxylation sites is 1. The fourth-order valence-electron chi connectivity index (χ4n) is 3.01. The van der Waals surface area contributed by atoms with Crippen LogP contribution in [0.15, 0.2) is 42.5 Å². The Bertz CT molecular complexity index is 849. The minimum Gasteiger partial charge on any atom is -0.300 e. The Hall–Kier alpha value is -2.22. The molecule has 0 bridgehead atoms. The van der Waals surface area contributed by atoms with Crippen LogP contribution in [-0.2, 0) is 18.3 Å². The lowest BCUT2D eigenvalue weighted by Gasteiger charge is -2.08. The van der Waals surface area contributed by atoms with E-state index in [2.05, 4.69) is 61.0 Å². The van der Waals surface area contributed by atoms with Crippen molar-refractivity contribution in [3.8, 4) is 0 Å². The Balaban J connectivity index is 2.23. The highest BCUT2D eigenvalue weighted by Crippen LogP contribution is 2.24. The maximum absolute atomic E-state index is 11.2. The average Bonchev–Trinajstić information content (AvgIpc) is 2.50. The molecule has 0 radical (unpaired) electrons. The van der Waals surface area contributed by atoms with Crippen molar-refractivity contribution >= 4 is 27.6 Å². The largest absolute Gasteiger partial charge is 0.300 e. The average molecular weight is 278 g/mol. The third-order valence-electron chi connectivity index (χ3n) is 4.26. The third-order valence-corrected chi connectivity index (χ3v) is 4.26. The molecule has 2 heteroatoms. The van der Waals surface area contributed by atoms with E-state index in [4.69, 9.17) is 0 Å². The molecule has 21 heavy (non-hydrogen) atoms. The maximum atomic E-state index is 11.2. The first-order valence-electron chi connectivity index (χ1n) is 7.37. The molecule has 0 spiro atoms. The first-order chi connectivity index (χ1) is 10.1. The van der Waals surface area contributed by atoms with Gasteiger partial charge in [0.15, 0.2) is 0 Å². The number of fused-ring (bicyclic) bond motifs is 2. The van der Waals surface area contributed by atoms with Gasteiger partial charge in [-0.1, -0.05) is 18.2 Å². The quantitative estimate of drug-likeness (QED) is 0.529. The van der Waals surface area contributed by atoms with E-state index in [9.17, 15) is 4.79 Å². The van der Waals surface area contributed by atoms with Gasteiger partial charge in [-0.3, -0.25) is 0 Å². The van der Waals surface area contributed by atoms with Crippen molar-refractivity contribution < 1.29 is 9.36 Å². The summed E-state index contributed by atoms with van der Waals surface area (Å²) in [6.07, 6.45) is 1.44. The second-order valence-corrected chi connectivity index (χ2v) is 5.75. The lowest BCUT2D eigenvalue weighted by atomic mass is 9.99. The van der Waals surface area contributed by atoms with Crippen LogP contribution in [0.5, 0.6) is 0 Å². The molecule has 0 aliphatic rings. The highest BCUT2D eigenvalue weighted by molar-refractivity contribution is 5.93. The van der Waals surface area contributed by atoms with E-state index < -0.39 is 0 Å². The smallest absolute Gasteiger partial charge is 0.213 e. The van der Waals surface area contributed by atoms with Gasteiger partial charge in [0.25, 0.3) is 0 Å². The number of nitrogens with zero attached hydrogens (tertiary/aromatic N) is 1. The molecule has 0 N–H and O–H groups in total. The summed E-state index contributed by atoms with van der Waals surface area (Å²) in [5.74, 6) is 0.246. The third kappa shape index (κ3) is 2.42. The zero-order valence-electron chi connectivity index (χ0n) is 12.8. The zero-order valence-corrected chi connectivity index (χ0v) is 12.8. The first kappa shape index (κ1) is 13.7. The Kier molecular flexibility index (Phi) is 3.46. The Morgan fingerprint density at radius 3 is 2.52 bits per heavy atom. The molecule has 1 aromatic heterocycles. The van der Waals surface area contributed by atoms with Gasteiger partial charge in [0.1, 0.15) is 12.8 Å². The lowest BCUT2D eigenvalue weighted by Crippen LogP contribution is -2.30. The number of rotatable bonds is 3. The van der Waals surface area contributed by atoms with Crippen LogP contribution in [0.3, 0.4) is 0 Å². The van der Waals surface area contributed by atoms with E-state index in [0.717, 1.165) is 6.42 Å². The van der Waals surface area contributed by atoms with Gasteiger partial charge in [0.2, 0.25) is 11.0 Å². The number of hydrogen-bond acceptors (Lipinski definition) is 1. The van der Waals surface area contributed by atoms with E-state index in [0.29, 0.717) is 6.42 Å². The van der Waals surface area contributed by atoms with Crippen LogP contribution in [-0.4, -0.2) is 5.78 Å². The normalized spacial score (nSPS) is 11.2. The summed E-state index contributed by atoms with van der Waals surface area (Å²) >= 11 is 0. The maximum Gasteiger partial charge on any atom is 0.213 e. The van der Waals surface area contributed by atoms with Crippen LogP contribution in [0.1, 0.15) is 24.5 Å². The van der Waals surface area contributed by atoms with Crippen molar-refractivity contribution in [1.82, 2.24) is 0 Å². The molecule has 1 heterocycles. The van der Waals surface area contributed by atoms with Crippen molar-refractivity contribution in [1.29, 1.82) is 0 Å². The van der Waals surface area contributed by atoms with Gasteiger partial charge in [-0.05, 0) is 43.5 Å². The Labute approximate surface area is 125 Å². The fraction of sp³-hybridized carbons (Fsp3) is 0.263. The molecule has 0 fully saturated rings. The number of aryl methyl sites for hydroxylation is 3. The standard InChI is InChI=1S/C19H20NO/c1-13(21)8-9-15-10-11-19-17(12-15)14(2)16-6-4-5-7-18(16)20(19)3/h4-7,10-12H,8-9H2,1-3H3/q+1. The van der Waals surface area contributed by atoms with Crippen LogP contribution >= 0.6 is 0 Å². The first-order valence-corrected chi connectivity index (χ1v) is 7.37. The van der Waals surface area contributed by atoms with Gasteiger partial charge >= 0.3 is 0 Å². The lowest BCUT2D eigenvalue weighted by molar-refractivity contribution is -0.617. The van der Waals surface area contributed by atoms with Gasteiger partial charge < -0.3 is 4.79 Å². The molecule has 3 aromatic rings. The molecule has 2 nitrogen and oxygen atoms in total. The van der Waals surface area contributed by atoms with Gasteiger partial charge in [-0.2, -0.15) is 4.57 Å². The van der Waals surface area contributed by atoms with Gasteiger partial charge in [0.05, 0.1) is 5.39 Å². The minimum absolute atomic E-state index is 0.246. The summed E-state index contributed by atoms with van der Waals surface area (Å²) in [6.45, 7) is 3.83. The molecule has 0 atom stereocenters. The number of Topliss-reactive ketones (excluding diaryl/α,β-unsaturated/α-hetero) is 1. The number of aromatic nitrogens is 1. The molecule has 0 saturated heterocycles. The van der Waals surface area contributed by atoms with Crippen molar-refractivity contribution in [2.45, 2.75) is 26.7 Å². The van der Waals surface area contributed by atoms with Crippen LogP contribution in [0.4, 0.5) is 0 Å². The fourth-order valence-corrected chi connectivity index (χ4v) is 3.01. The Morgan fingerprint density at radius 2 is 1.76 bits per heavy atom. The molecule has 3 rings (SSSR count). The van der Waals surface area contributed by atoms with Crippen molar-refractivity contribution in [3.63, 3.8) is 0 Å². The van der Waals surface area contributed by atoms with E-state index >= 15 is 0 Å². The predicted molar refractivity (Wildman–Crippen MR) is 86.4 cm³/mol. The topological polar surface area (TPSA) is 20.9 Å². The van der Waals surface area contributed by atoms with Crippen molar-refractivity contribution in [2.75, 3.05) is 0 Å². The zero-order chi connectivity index (χ0) is 15.0. The number of carbonyl (C=O) groups excluding carboxylic acids is 1. The van der Waals surface area contributed by atoms with Crippen molar-refractivity contribution in [2.24, 2.45) is 7.05 Å². The monoisotopic (exact) mass is 278 g/mol. The molecule has 0 unspecified atom stereocenters. The van der Waals surface area contributed by atoms with Crippen LogP contribution in [0.2, 0.25) is 0 Å². The summed E-state index contributed by atoms with van der Waals surface area (Å²) in [5.41, 5.74) is 5.02. The van der Waals surface area contributed by atoms with E-state index in [1.165, 1.54) is 32.9 Å².